The Kier molecular flexibility index (Phi) is 7.54. The van der Waals surface area contributed by atoms with E-state index in [-0.39, 0.29) is 0 Å². The largest absolute Gasteiger partial charge is 0.490 e. The summed E-state index contributed by atoms with van der Waals surface area (Å²) in [7, 11) is 0. The lowest BCUT2D eigenvalue weighted by Gasteiger charge is -2.15. The fourth-order valence-electron chi connectivity index (χ4n) is 1.56. The molecule has 1 aromatic rings. The molecule has 0 aromatic heterocycles. The van der Waals surface area contributed by atoms with Gasteiger partial charge in [-0.05, 0) is 59.8 Å². The lowest BCUT2D eigenvalue weighted by Crippen LogP contribution is -2.06. The van der Waals surface area contributed by atoms with Crippen LogP contribution in [0.1, 0.15) is 12.5 Å². The summed E-state index contributed by atoms with van der Waals surface area (Å²) in [6, 6.07) is 4.05. The van der Waals surface area contributed by atoms with Gasteiger partial charge in [-0.1, -0.05) is 0 Å². The van der Waals surface area contributed by atoms with Crippen LogP contribution >= 0.6 is 27.7 Å². The minimum Gasteiger partial charge on any atom is -0.490 e. The third-order valence-corrected chi connectivity index (χ3v) is 3.50. The van der Waals surface area contributed by atoms with E-state index in [1.54, 1.807) is 11.8 Å². The number of ether oxygens (including phenoxy) is 2. The summed E-state index contributed by atoms with van der Waals surface area (Å²) in [5, 5.41) is 0. The molecule has 0 spiro atoms. The second-order valence-electron chi connectivity index (χ2n) is 3.72. The molecule has 3 nitrogen and oxygen atoms in total. The predicted octanol–water partition coefficient (Wildman–Crippen LogP) is 3.09. The zero-order valence-corrected chi connectivity index (χ0v) is 13.3. The quantitative estimate of drug-likeness (QED) is 0.742. The van der Waals surface area contributed by atoms with Gasteiger partial charge >= 0.3 is 0 Å². The maximum atomic E-state index is 5.77. The molecule has 0 radical (unpaired) electrons. The van der Waals surface area contributed by atoms with Crippen molar-refractivity contribution in [3.05, 3.63) is 22.2 Å². The molecule has 102 valence electrons. The first kappa shape index (κ1) is 15.7. The maximum absolute atomic E-state index is 5.77. The van der Waals surface area contributed by atoms with Crippen LogP contribution in [0.3, 0.4) is 0 Å². The number of halogens is 1. The third kappa shape index (κ3) is 4.71. The lowest BCUT2D eigenvalue weighted by molar-refractivity contribution is 0.287. The molecule has 0 fully saturated rings. The highest BCUT2D eigenvalue weighted by Crippen LogP contribution is 2.37. The van der Waals surface area contributed by atoms with E-state index in [1.165, 1.54) is 0 Å². The van der Waals surface area contributed by atoms with E-state index >= 15 is 0 Å². The Bertz CT molecular complexity index is 374. The van der Waals surface area contributed by atoms with Gasteiger partial charge in [-0.15, -0.1) is 0 Å². The van der Waals surface area contributed by atoms with Crippen LogP contribution in [0.25, 0.3) is 0 Å². The summed E-state index contributed by atoms with van der Waals surface area (Å²) in [5.41, 5.74) is 6.74. The molecule has 5 heteroatoms. The van der Waals surface area contributed by atoms with Crippen molar-refractivity contribution in [2.45, 2.75) is 13.3 Å². The Morgan fingerprint density at radius 3 is 2.72 bits per heavy atom. The van der Waals surface area contributed by atoms with Gasteiger partial charge in [0.2, 0.25) is 0 Å². The van der Waals surface area contributed by atoms with Gasteiger partial charge in [-0.3, -0.25) is 0 Å². The van der Waals surface area contributed by atoms with Crippen LogP contribution in [0.5, 0.6) is 11.5 Å². The number of hydrogen-bond donors (Lipinski definition) is 1. The van der Waals surface area contributed by atoms with Crippen molar-refractivity contribution in [3.63, 3.8) is 0 Å². The standard InChI is InChI=1S/C13H20BrNO2S/c1-3-16-12-9-10(4-5-15)8-11(14)13(12)17-6-7-18-2/h8-9H,3-7,15H2,1-2H3. The van der Waals surface area contributed by atoms with Crippen molar-refractivity contribution >= 4 is 27.7 Å². The minimum absolute atomic E-state index is 0.622. The first-order valence-electron chi connectivity index (χ1n) is 6.00. The summed E-state index contributed by atoms with van der Waals surface area (Å²) < 4.78 is 12.3. The van der Waals surface area contributed by atoms with E-state index in [9.17, 15) is 0 Å². The van der Waals surface area contributed by atoms with E-state index in [2.05, 4.69) is 22.2 Å². The molecule has 0 aliphatic heterocycles. The van der Waals surface area contributed by atoms with Gasteiger partial charge in [0, 0.05) is 5.75 Å². The van der Waals surface area contributed by atoms with Gasteiger partial charge in [0.05, 0.1) is 17.7 Å². The van der Waals surface area contributed by atoms with E-state index < -0.39 is 0 Å². The molecule has 0 aliphatic rings. The van der Waals surface area contributed by atoms with Gasteiger partial charge < -0.3 is 15.2 Å². The Morgan fingerprint density at radius 2 is 2.11 bits per heavy atom. The second-order valence-corrected chi connectivity index (χ2v) is 5.56. The van der Waals surface area contributed by atoms with Crippen LogP contribution in [0, 0.1) is 0 Å². The maximum Gasteiger partial charge on any atom is 0.175 e. The first-order chi connectivity index (χ1) is 8.72. The summed E-state index contributed by atoms with van der Waals surface area (Å²) in [4.78, 5) is 0. The summed E-state index contributed by atoms with van der Waals surface area (Å²) in [5.74, 6) is 2.53. The zero-order valence-electron chi connectivity index (χ0n) is 10.9. The molecule has 0 saturated heterocycles. The predicted molar refractivity (Wildman–Crippen MR) is 81.9 cm³/mol. The molecule has 1 rings (SSSR count). The topological polar surface area (TPSA) is 44.5 Å². The highest BCUT2D eigenvalue weighted by molar-refractivity contribution is 9.10. The van der Waals surface area contributed by atoms with Gasteiger partial charge in [0.25, 0.3) is 0 Å². The molecule has 0 amide bonds. The Labute approximate surface area is 122 Å². The highest BCUT2D eigenvalue weighted by atomic mass is 79.9. The van der Waals surface area contributed by atoms with Crippen molar-refractivity contribution in [2.75, 3.05) is 31.8 Å². The SMILES string of the molecule is CCOc1cc(CCN)cc(Br)c1OCCSC. The van der Waals surface area contributed by atoms with Crippen LogP contribution in [0.2, 0.25) is 0 Å². The monoisotopic (exact) mass is 333 g/mol. The van der Waals surface area contributed by atoms with Crippen molar-refractivity contribution in [3.8, 4) is 11.5 Å². The van der Waals surface area contributed by atoms with Crippen molar-refractivity contribution in [1.82, 2.24) is 0 Å². The molecular formula is C13H20BrNO2S. The second kappa shape index (κ2) is 8.67. The number of thioether (sulfide) groups is 1. The molecule has 0 unspecified atom stereocenters. The molecule has 0 bridgehead atoms. The van der Waals surface area contributed by atoms with Crippen molar-refractivity contribution in [2.24, 2.45) is 5.73 Å². The van der Waals surface area contributed by atoms with Crippen LogP contribution in [0.4, 0.5) is 0 Å². The van der Waals surface area contributed by atoms with E-state index in [1.807, 2.05) is 19.1 Å². The zero-order chi connectivity index (χ0) is 13.4. The summed E-state index contributed by atoms with van der Waals surface area (Å²) >= 11 is 5.30. The number of benzene rings is 1. The number of hydrogen-bond acceptors (Lipinski definition) is 4. The fourth-order valence-corrected chi connectivity index (χ4v) is 2.42. The number of rotatable bonds is 8. The normalized spacial score (nSPS) is 10.4. The van der Waals surface area contributed by atoms with E-state index in [0.29, 0.717) is 19.8 Å². The number of nitrogens with two attached hydrogens (primary N) is 1. The molecule has 2 N–H and O–H groups in total. The van der Waals surface area contributed by atoms with Gasteiger partial charge in [0.1, 0.15) is 0 Å². The fraction of sp³-hybridized carbons (Fsp3) is 0.538. The average Bonchev–Trinajstić information content (AvgIpc) is 2.33. The van der Waals surface area contributed by atoms with Gasteiger partial charge in [0.15, 0.2) is 11.5 Å². The average molecular weight is 334 g/mol. The molecule has 0 saturated carbocycles. The highest BCUT2D eigenvalue weighted by Gasteiger charge is 2.11. The summed E-state index contributed by atoms with van der Waals surface area (Å²) in [6.45, 7) is 3.90. The van der Waals surface area contributed by atoms with Crippen molar-refractivity contribution in [1.29, 1.82) is 0 Å². The van der Waals surface area contributed by atoms with Crippen LogP contribution in [0.15, 0.2) is 16.6 Å². The molecule has 1 aromatic carbocycles. The molecule has 0 atom stereocenters. The first-order valence-corrected chi connectivity index (χ1v) is 8.18. The minimum atomic E-state index is 0.622. The lowest BCUT2D eigenvalue weighted by atomic mass is 10.1. The van der Waals surface area contributed by atoms with Crippen LogP contribution in [-0.4, -0.2) is 31.8 Å². The van der Waals surface area contributed by atoms with Crippen molar-refractivity contribution < 1.29 is 9.47 Å². The van der Waals surface area contributed by atoms with E-state index in [0.717, 1.165) is 33.7 Å². The molecule has 0 aliphatic carbocycles. The van der Waals surface area contributed by atoms with Crippen LogP contribution < -0.4 is 15.2 Å². The molecule has 0 heterocycles. The van der Waals surface area contributed by atoms with Crippen LogP contribution in [-0.2, 0) is 6.42 Å². The van der Waals surface area contributed by atoms with Gasteiger partial charge in [-0.2, -0.15) is 11.8 Å². The smallest absolute Gasteiger partial charge is 0.175 e. The summed E-state index contributed by atoms with van der Waals surface area (Å²) in [6.07, 6.45) is 2.90. The molecular weight excluding hydrogens is 314 g/mol. The Morgan fingerprint density at radius 1 is 1.33 bits per heavy atom. The third-order valence-electron chi connectivity index (χ3n) is 2.34. The Hall–Kier alpha value is -0.390. The Balaban J connectivity index is 2.90. The molecule has 18 heavy (non-hydrogen) atoms. The van der Waals surface area contributed by atoms with Gasteiger partial charge in [-0.25, -0.2) is 0 Å². The van der Waals surface area contributed by atoms with E-state index in [4.69, 9.17) is 15.2 Å².